The monoisotopic (exact) mass is 334 g/mol. The van der Waals surface area contributed by atoms with Crippen LogP contribution in [-0.2, 0) is 14.8 Å². The van der Waals surface area contributed by atoms with Crippen molar-refractivity contribution in [3.05, 3.63) is 24.3 Å². The first kappa shape index (κ1) is 16.8. The Morgan fingerprint density at radius 2 is 2.05 bits per heavy atom. The van der Waals surface area contributed by atoms with E-state index in [4.69, 9.17) is 5.11 Å². The summed E-state index contributed by atoms with van der Waals surface area (Å²) in [5.41, 5.74) is -1.79. The summed E-state index contributed by atoms with van der Waals surface area (Å²) >= 11 is 0. The number of aromatic nitrogens is 1. The number of nitrogens with zero attached hydrogens (tertiary/aromatic N) is 1. The van der Waals surface area contributed by atoms with Gasteiger partial charge in [-0.05, 0) is 31.7 Å². The number of rotatable bonds is 5. The summed E-state index contributed by atoms with van der Waals surface area (Å²) in [5.74, 6) is -2.36. The van der Waals surface area contributed by atoms with E-state index < -0.39 is 39.9 Å². The van der Waals surface area contributed by atoms with Crippen LogP contribution in [0, 0.1) is 11.7 Å². The molecule has 1 saturated carbocycles. The van der Waals surface area contributed by atoms with Crippen molar-refractivity contribution in [2.24, 2.45) is 5.92 Å². The van der Waals surface area contributed by atoms with Gasteiger partial charge in [0.15, 0.2) is 0 Å². The van der Waals surface area contributed by atoms with Gasteiger partial charge in [-0.1, -0.05) is 0 Å². The van der Waals surface area contributed by atoms with Gasteiger partial charge >= 0.3 is 5.97 Å². The maximum absolute atomic E-state index is 14.5. The second-order valence-electron chi connectivity index (χ2n) is 5.43. The average molecular weight is 334 g/mol. The van der Waals surface area contributed by atoms with Crippen molar-refractivity contribution in [1.82, 2.24) is 9.71 Å². The van der Waals surface area contributed by atoms with Crippen LogP contribution in [0.1, 0.15) is 25.7 Å². The Balaban J connectivity index is 1.99. The number of hydrogen-bond donors (Lipinski definition) is 2. The van der Waals surface area contributed by atoms with E-state index in [1.54, 1.807) is 0 Å². The van der Waals surface area contributed by atoms with E-state index in [1.165, 1.54) is 0 Å². The zero-order chi connectivity index (χ0) is 16.4. The Morgan fingerprint density at radius 1 is 1.41 bits per heavy atom. The second kappa shape index (κ2) is 6.25. The Bertz CT molecular complexity index is 658. The highest BCUT2D eigenvalue weighted by Crippen LogP contribution is 2.35. The molecule has 6 nitrogen and oxygen atoms in total. The van der Waals surface area contributed by atoms with Crippen molar-refractivity contribution < 1.29 is 27.1 Å². The summed E-state index contributed by atoms with van der Waals surface area (Å²) < 4.78 is 53.6. The Labute approximate surface area is 126 Å². The van der Waals surface area contributed by atoms with Crippen LogP contribution in [0.5, 0.6) is 0 Å². The minimum atomic E-state index is -4.06. The van der Waals surface area contributed by atoms with Crippen molar-refractivity contribution in [2.45, 2.75) is 36.2 Å². The molecule has 22 heavy (non-hydrogen) atoms. The van der Waals surface area contributed by atoms with E-state index in [0.717, 1.165) is 18.5 Å². The van der Waals surface area contributed by atoms with Crippen LogP contribution in [-0.4, -0.2) is 36.7 Å². The summed E-state index contributed by atoms with van der Waals surface area (Å²) in [4.78, 5) is 13.9. The molecule has 1 heterocycles. The van der Waals surface area contributed by atoms with Gasteiger partial charge in [-0.2, -0.15) is 0 Å². The first-order valence-electron chi connectivity index (χ1n) is 6.74. The molecule has 0 spiro atoms. The van der Waals surface area contributed by atoms with Gasteiger partial charge in [-0.25, -0.2) is 21.9 Å². The number of carbonyl (C=O) groups is 1. The van der Waals surface area contributed by atoms with Gasteiger partial charge in [-0.15, -0.1) is 0 Å². The van der Waals surface area contributed by atoms with Gasteiger partial charge in [0.1, 0.15) is 16.4 Å². The number of nitrogens with one attached hydrogen (secondary N) is 1. The molecular formula is C13H16F2N2O4S. The number of carboxylic acids is 1. The molecular weight excluding hydrogens is 318 g/mol. The first-order chi connectivity index (χ1) is 10.2. The number of hydrogen-bond acceptors (Lipinski definition) is 4. The zero-order valence-corrected chi connectivity index (χ0v) is 12.4. The Morgan fingerprint density at radius 3 is 2.59 bits per heavy atom. The summed E-state index contributed by atoms with van der Waals surface area (Å²) in [6, 6.07) is 0.793. The zero-order valence-electron chi connectivity index (χ0n) is 11.6. The summed E-state index contributed by atoms with van der Waals surface area (Å²) in [6.45, 7) is -0.474. The van der Waals surface area contributed by atoms with Crippen molar-refractivity contribution >= 4 is 16.0 Å². The molecule has 1 aliphatic rings. The van der Waals surface area contributed by atoms with Gasteiger partial charge in [0.2, 0.25) is 10.0 Å². The molecule has 0 amide bonds. The molecule has 0 aliphatic heterocycles. The smallest absolute Gasteiger partial charge is 0.306 e. The van der Waals surface area contributed by atoms with E-state index in [1.807, 2.05) is 0 Å². The van der Waals surface area contributed by atoms with E-state index >= 15 is 0 Å². The topological polar surface area (TPSA) is 96.4 Å². The molecule has 122 valence electrons. The van der Waals surface area contributed by atoms with E-state index in [-0.39, 0.29) is 30.6 Å². The minimum absolute atomic E-state index is 0.0338. The number of sulfonamides is 1. The number of aliphatic carboxylic acids is 1. The lowest BCUT2D eigenvalue weighted by Gasteiger charge is -2.32. The third-order valence-electron chi connectivity index (χ3n) is 3.80. The number of pyridine rings is 1. The van der Waals surface area contributed by atoms with Crippen LogP contribution in [0.3, 0.4) is 0 Å². The van der Waals surface area contributed by atoms with Crippen LogP contribution in [0.4, 0.5) is 8.78 Å². The van der Waals surface area contributed by atoms with Gasteiger partial charge in [0.25, 0.3) is 0 Å². The van der Waals surface area contributed by atoms with Gasteiger partial charge < -0.3 is 5.11 Å². The number of alkyl halides is 1. The molecule has 0 saturated heterocycles. The molecule has 1 aliphatic carbocycles. The quantitative estimate of drug-likeness (QED) is 0.850. The van der Waals surface area contributed by atoms with Crippen molar-refractivity contribution in [3.63, 3.8) is 0 Å². The standard InChI is InChI=1S/C13H16F2N2O4S/c14-10-5-11(7-16-6-10)22(20,21)17-8-13(15)3-1-9(2-4-13)12(18)19/h5-7,9,17H,1-4,8H2,(H,18,19). The van der Waals surface area contributed by atoms with Crippen molar-refractivity contribution in [1.29, 1.82) is 0 Å². The highest BCUT2D eigenvalue weighted by atomic mass is 32.2. The lowest BCUT2D eigenvalue weighted by Crippen LogP contribution is -2.43. The van der Waals surface area contributed by atoms with E-state index in [0.29, 0.717) is 0 Å². The Hall–Kier alpha value is -1.61. The molecule has 0 unspecified atom stereocenters. The molecule has 2 N–H and O–H groups in total. The molecule has 0 bridgehead atoms. The van der Waals surface area contributed by atoms with Crippen molar-refractivity contribution in [2.75, 3.05) is 6.54 Å². The SMILES string of the molecule is O=C(O)C1CCC(F)(CNS(=O)(=O)c2cncc(F)c2)CC1. The minimum Gasteiger partial charge on any atom is -0.481 e. The van der Waals surface area contributed by atoms with E-state index in [2.05, 4.69) is 9.71 Å². The fraction of sp³-hybridized carbons (Fsp3) is 0.538. The van der Waals surface area contributed by atoms with Crippen LogP contribution in [0.15, 0.2) is 23.4 Å². The number of carboxylic acid groups (broad SMARTS) is 1. The molecule has 9 heteroatoms. The molecule has 1 aromatic heterocycles. The first-order valence-corrected chi connectivity index (χ1v) is 8.22. The van der Waals surface area contributed by atoms with Crippen LogP contribution >= 0.6 is 0 Å². The summed E-state index contributed by atoms with van der Waals surface area (Å²) in [5, 5.41) is 8.87. The molecule has 0 atom stereocenters. The molecule has 2 rings (SSSR count). The second-order valence-corrected chi connectivity index (χ2v) is 7.19. The normalized spacial score (nSPS) is 25.8. The molecule has 1 aromatic rings. The fourth-order valence-electron chi connectivity index (χ4n) is 2.41. The van der Waals surface area contributed by atoms with Crippen LogP contribution in [0.25, 0.3) is 0 Å². The van der Waals surface area contributed by atoms with E-state index in [9.17, 15) is 22.0 Å². The Kier molecular flexibility index (Phi) is 4.76. The third-order valence-corrected chi connectivity index (χ3v) is 5.17. The fourth-order valence-corrected chi connectivity index (χ4v) is 3.49. The number of halogens is 2. The molecule has 0 radical (unpaired) electrons. The summed E-state index contributed by atoms with van der Waals surface area (Å²) in [7, 11) is -4.06. The summed E-state index contributed by atoms with van der Waals surface area (Å²) in [6.07, 6.45) is 2.09. The van der Waals surface area contributed by atoms with Crippen LogP contribution in [0.2, 0.25) is 0 Å². The maximum atomic E-state index is 14.5. The van der Waals surface area contributed by atoms with Gasteiger partial charge in [0.05, 0.1) is 12.1 Å². The molecule has 0 aromatic carbocycles. The lowest BCUT2D eigenvalue weighted by molar-refractivity contribution is -0.143. The maximum Gasteiger partial charge on any atom is 0.306 e. The largest absolute Gasteiger partial charge is 0.481 e. The highest BCUT2D eigenvalue weighted by Gasteiger charge is 2.38. The lowest BCUT2D eigenvalue weighted by atomic mass is 9.80. The predicted octanol–water partition coefficient (Wildman–Crippen LogP) is 1.48. The predicted molar refractivity (Wildman–Crippen MR) is 72.8 cm³/mol. The van der Waals surface area contributed by atoms with Gasteiger partial charge in [0, 0.05) is 12.7 Å². The van der Waals surface area contributed by atoms with Crippen LogP contribution < -0.4 is 4.72 Å². The molecule has 1 fully saturated rings. The van der Waals surface area contributed by atoms with Crippen molar-refractivity contribution in [3.8, 4) is 0 Å². The van der Waals surface area contributed by atoms with Gasteiger partial charge in [-0.3, -0.25) is 9.78 Å². The third kappa shape index (κ3) is 3.98. The highest BCUT2D eigenvalue weighted by molar-refractivity contribution is 7.89. The average Bonchev–Trinajstić information content (AvgIpc) is 2.46.